The summed E-state index contributed by atoms with van der Waals surface area (Å²) in [5.74, 6) is -1.20. The molecule has 2 fully saturated rings. The largest absolute Gasteiger partial charge is 0.481 e. The van der Waals surface area contributed by atoms with Gasteiger partial charge in [-0.25, -0.2) is 4.79 Å². The Labute approximate surface area is 120 Å². The topological polar surface area (TPSA) is 69.6 Å². The van der Waals surface area contributed by atoms with Crippen LogP contribution in [0.4, 0.5) is 4.79 Å². The van der Waals surface area contributed by atoms with Crippen molar-refractivity contribution in [1.29, 1.82) is 0 Å². The lowest BCUT2D eigenvalue weighted by Gasteiger charge is -2.34. The number of hydrogen-bond donors (Lipinski definition) is 2. The van der Waals surface area contributed by atoms with Crippen molar-refractivity contribution in [2.24, 2.45) is 5.92 Å². The van der Waals surface area contributed by atoms with Crippen LogP contribution in [0.25, 0.3) is 0 Å². The fourth-order valence-corrected chi connectivity index (χ4v) is 3.63. The van der Waals surface area contributed by atoms with E-state index < -0.39 is 11.9 Å². The van der Waals surface area contributed by atoms with Crippen LogP contribution in [0.5, 0.6) is 0 Å². The van der Waals surface area contributed by atoms with Gasteiger partial charge in [0.05, 0.1) is 5.92 Å². The zero-order valence-corrected chi connectivity index (χ0v) is 12.3. The summed E-state index contributed by atoms with van der Waals surface area (Å²) in [4.78, 5) is 25.5. The molecule has 0 aromatic rings. The van der Waals surface area contributed by atoms with E-state index in [-0.39, 0.29) is 12.1 Å². The van der Waals surface area contributed by atoms with Gasteiger partial charge in [-0.15, -0.1) is 0 Å². The number of aliphatic carboxylic acids is 1. The van der Waals surface area contributed by atoms with Crippen LogP contribution < -0.4 is 5.32 Å². The SMILES string of the molecule is CCN(C(=O)NC1CCCC1C(=O)O)C1CCCCC1. The van der Waals surface area contributed by atoms with Gasteiger partial charge in [-0.05, 0) is 32.6 Å². The van der Waals surface area contributed by atoms with Gasteiger partial charge in [0.2, 0.25) is 0 Å². The number of carboxylic acids is 1. The van der Waals surface area contributed by atoms with Crippen LogP contribution in [-0.4, -0.2) is 40.6 Å². The lowest BCUT2D eigenvalue weighted by Crippen LogP contribution is -2.51. The van der Waals surface area contributed by atoms with E-state index >= 15 is 0 Å². The normalized spacial score (nSPS) is 27.2. The molecule has 0 saturated heterocycles. The van der Waals surface area contributed by atoms with Crippen LogP contribution in [0.3, 0.4) is 0 Å². The van der Waals surface area contributed by atoms with Gasteiger partial charge >= 0.3 is 12.0 Å². The first kappa shape index (κ1) is 15.1. The fraction of sp³-hybridized carbons (Fsp3) is 0.867. The summed E-state index contributed by atoms with van der Waals surface area (Å²) in [6.45, 7) is 2.69. The van der Waals surface area contributed by atoms with E-state index in [0.29, 0.717) is 19.0 Å². The quantitative estimate of drug-likeness (QED) is 0.832. The van der Waals surface area contributed by atoms with Gasteiger partial charge in [-0.3, -0.25) is 4.79 Å². The van der Waals surface area contributed by atoms with Crippen molar-refractivity contribution in [3.63, 3.8) is 0 Å². The molecule has 0 aliphatic heterocycles. The molecule has 0 spiro atoms. The summed E-state index contributed by atoms with van der Waals surface area (Å²) in [5.41, 5.74) is 0. The molecule has 5 nitrogen and oxygen atoms in total. The Balaban J connectivity index is 1.93. The van der Waals surface area contributed by atoms with Gasteiger partial charge < -0.3 is 15.3 Å². The molecular formula is C15H26N2O3. The molecule has 0 radical (unpaired) electrons. The van der Waals surface area contributed by atoms with E-state index in [1.165, 1.54) is 19.3 Å². The number of nitrogens with one attached hydrogen (secondary N) is 1. The molecule has 20 heavy (non-hydrogen) atoms. The number of nitrogens with zero attached hydrogens (tertiary/aromatic N) is 1. The van der Waals surface area contributed by atoms with Crippen LogP contribution in [0.2, 0.25) is 0 Å². The molecule has 0 heterocycles. The van der Waals surface area contributed by atoms with Crippen molar-refractivity contribution in [2.45, 2.75) is 70.4 Å². The minimum atomic E-state index is -0.784. The van der Waals surface area contributed by atoms with Crippen molar-refractivity contribution in [3.8, 4) is 0 Å². The molecule has 114 valence electrons. The van der Waals surface area contributed by atoms with Gasteiger partial charge in [-0.2, -0.15) is 0 Å². The summed E-state index contributed by atoms with van der Waals surface area (Å²) in [6.07, 6.45) is 8.14. The number of carboxylic acid groups (broad SMARTS) is 1. The Kier molecular flexibility index (Phi) is 5.26. The second-order valence-electron chi connectivity index (χ2n) is 6.01. The van der Waals surface area contributed by atoms with E-state index in [4.69, 9.17) is 0 Å². The average molecular weight is 282 g/mol. The molecule has 0 bridgehead atoms. The maximum absolute atomic E-state index is 12.4. The zero-order valence-electron chi connectivity index (χ0n) is 12.3. The Morgan fingerprint density at radius 3 is 2.40 bits per heavy atom. The standard InChI is InChI=1S/C15H26N2O3/c1-2-17(11-7-4-3-5-8-11)15(20)16-13-10-6-9-12(13)14(18)19/h11-13H,2-10H2,1H3,(H,16,20)(H,18,19). The minimum Gasteiger partial charge on any atom is -0.481 e. The number of urea groups is 1. The summed E-state index contributed by atoms with van der Waals surface area (Å²) < 4.78 is 0. The minimum absolute atomic E-state index is 0.0717. The summed E-state index contributed by atoms with van der Waals surface area (Å²) in [6, 6.07) is 0.0635. The van der Waals surface area contributed by atoms with Crippen LogP contribution >= 0.6 is 0 Å². The maximum Gasteiger partial charge on any atom is 0.317 e. The van der Waals surface area contributed by atoms with E-state index in [0.717, 1.165) is 25.7 Å². The highest BCUT2D eigenvalue weighted by atomic mass is 16.4. The number of amides is 2. The predicted octanol–water partition coefficient (Wildman–Crippen LogP) is 2.60. The fourth-order valence-electron chi connectivity index (χ4n) is 3.63. The Morgan fingerprint density at radius 1 is 1.10 bits per heavy atom. The lowest BCUT2D eigenvalue weighted by atomic mass is 9.94. The van der Waals surface area contributed by atoms with Crippen molar-refractivity contribution >= 4 is 12.0 Å². The highest BCUT2D eigenvalue weighted by Gasteiger charge is 2.35. The molecule has 2 saturated carbocycles. The van der Waals surface area contributed by atoms with E-state index in [2.05, 4.69) is 5.32 Å². The van der Waals surface area contributed by atoms with Gasteiger partial charge in [0.25, 0.3) is 0 Å². The Morgan fingerprint density at radius 2 is 1.80 bits per heavy atom. The molecular weight excluding hydrogens is 256 g/mol. The van der Waals surface area contributed by atoms with Gasteiger partial charge in [0.1, 0.15) is 0 Å². The van der Waals surface area contributed by atoms with Crippen LogP contribution in [-0.2, 0) is 4.79 Å². The third kappa shape index (κ3) is 3.44. The third-order valence-corrected chi connectivity index (χ3v) is 4.76. The van der Waals surface area contributed by atoms with Gasteiger partial charge in [0.15, 0.2) is 0 Å². The zero-order chi connectivity index (χ0) is 14.5. The molecule has 0 aromatic heterocycles. The van der Waals surface area contributed by atoms with Crippen molar-refractivity contribution in [1.82, 2.24) is 10.2 Å². The van der Waals surface area contributed by atoms with Crippen molar-refractivity contribution in [2.75, 3.05) is 6.54 Å². The Bertz CT molecular complexity index is 353. The number of carbonyl (C=O) groups excluding carboxylic acids is 1. The summed E-state index contributed by atoms with van der Waals surface area (Å²) in [7, 11) is 0. The number of rotatable bonds is 4. The van der Waals surface area contributed by atoms with E-state index in [1.54, 1.807) is 0 Å². The average Bonchev–Trinajstić information content (AvgIpc) is 2.89. The lowest BCUT2D eigenvalue weighted by molar-refractivity contribution is -0.142. The molecule has 2 atom stereocenters. The van der Waals surface area contributed by atoms with Crippen molar-refractivity contribution in [3.05, 3.63) is 0 Å². The maximum atomic E-state index is 12.4. The van der Waals surface area contributed by atoms with Gasteiger partial charge in [0, 0.05) is 18.6 Å². The van der Waals surface area contributed by atoms with Crippen LogP contribution in [0, 0.1) is 5.92 Å². The second kappa shape index (κ2) is 6.95. The first-order valence-electron chi connectivity index (χ1n) is 7.93. The van der Waals surface area contributed by atoms with E-state index in [9.17, 15) is 14.7 Å². The monoisotopic (exact) mass is 282 g/mol. The van der Waals surface area contributed by atoms with Crippen LogP contribution in [0.1, 0.15) is 58.3 Å². The molecule has 2 aliphatic rings. The first-order valence-corrected chi connectivity index (χ1v) is 7.93. The molecule has 2 rings (SSSR count). The third-order valence-electron chi connectivity index (χ3n) is 4.76. The van der Waals surface area contributed by atoms with Crippen molar-refractivity contribution < 1.29 is 14.7 Å². The molecule has 2 unspecified atom stereocenters. The molecule has 2 aliphatic carbocycles. The predicted molar refractivity (Wildman–Crippen MR) is 76.5 cm³/mol. The first-order chi connectivity index (χ1) is 9.63. The van der Waals surface area contributed by atoms with E-state index in [1.807, 2.05) is 11.8 Å². The molecule has 2 N–H and O–H groups in total. The molecule has 5 heteroatoms. The summed E-state index contributed by atoms with van der Waals surface area (Å²) >= 11 is 0. The summed E-state index contributed by atoms with van der Waals surface area (Å²) in [5, 5.41) is 12.1. The smallest absolute Gasteiger partial charge is 0.317 e. The molecule has 2 amide bonds. The number of hydrogen-bond acceptors (Lipinski definition) is 2. The van der Waals surface area contributed by atoms with Gasteiger partial charge in [-0.1, -0.05) is 25.7 Å². The highest BCUT2D eigenvalue weighted by Crippen LogP contribution is 2.27. The number of carbonyl (C=O) groups is 2. The van der Waals surface area contributed by atoms with Crippen LogP contribution in [0.15, 0.2) is 0 Å². The Hall–Kier alpha value is -1.26. The second-order valence-corrected chi connectivity index (χ2v) is 6.01. The molecule has 0 aromatic carbocycles. The highest BCUT2D eigenvalue weighted by molar-refractivity contribution is 5.77.